The molecule has 4 heteroatoms. The molecule has 0 saturated carbocycles. The second kappa shape index (κ2) is 5.82. The number of aromatic nitrogens is 2. The number of halogens is 1. The summed E-state index contributed by atoms with van der Waals surface area (Å²) in [5, 5.41) is 4.46. The maximum Gasteiger partial charge on any atom is 0.162 e. The summed E-state index contributed by atoms with van der Waals surface area (Å²) in [5.41, 5.74) is 1.95. The molecule has 106 valence electrons. The molecule has 0 atom stereocenters. The zero-order valence-corrected chi connectivity index (χ0v) is 13.6. The van der Waals surface area contributed by atoms with Gasteiger partial charge in [-0.25, -0.2) is 9.97 Å². The van der Waals surface area contributed by atoms with Crippen molar-refractivity contribution < 1.29 is 0 Å². The van der Waals surface area contributed by atoms with Crippen LogP contribution in [0.1, 0.15) is 13.8 Å². The Bertz CT molecular complexity index is 784. The van der Waals surface area contributed by atoms with Gasteiger partial charge < -0.3 is 5.32 Å². The normalized spacial score (nSPS) is 11.0. The van der Waals surface area contributed by atoms with Crippen LogP contribution in [-0.4, -0.2) is 16.0 Å². The molecule has 0 amide bonds. The van der Waals surface area contributed by atoms with Crippen LogP contribution >= 0.6 is 15.9 Å². The Morgan fingerprint density at radius 2 is 1.81 bits per heavy atom. The molecule has 21 heavy (non-hydrogen) atoms. The van der Waals surface area contributed by atoms with E-state index in [0.29, 0.717) is 6.04 Å². The number of benzene rings is 2. The topological polar surface area (TPSA) is 37.8 Å². The smallest absolute Gasteiger partial charge is 0.162 e. The number of anilines is 1. The van der Waals surface area contributed by atoms with Crippen molar-refractivity contribution in [2.75, 3.05) is 5.32 Å². The van der Waals surface area contributed by atoms with Crippen LogP contribution in [0.2, 0.25) is 0 Å². The second-order valence-electron chi connectivity index (χ2n) is 5.22. The van der Waals surface area contributed by atoms with E-state index >= 15 is 0 Å². The van der Waals surface area contributed by atoms with Gasteiger partial charge in [0.15, 0.2) is 5.82 Å². The molecule has 3 nitrogen and oxygen atoms in total. The molecule has 1 aromatic heterocycles. The molecule has 0 aliphatic rings. The van der Waals surface area contributed by atoms with Gasteiger partial charge >= 0.3 is 0 Å². The van der Waals surface area contributed by atoms with Crippen LogP contribution in [-0.2, 0) is 0 Å². The average Bonchev–Trinajstić information content (AvgIpc) is 2.46. The maximum atomic E-state index is 4.71. The number of nitrogens with zero attached hydrogens (tertiary/aromatic N) is 2. The molecular weight excluding hydrogens is 326 g/mol. The summed E-state index contributed by atoms with van der Waals surface area (Å²) < 4.78 is 1.02. The van der Waals surface area contributed by atoms with E-state index in [9.17, 15) is 0 Å². The molecule has 0 fully saturated rings. The summed E-state index contributed by atoms with van der Waals surface area (Å²) in [7, 11) is 0. The van der Waals surface area contributed by atoms with Gasteiger partial charge in [-0.15, -0.1) is 0 Å². The van der Waals surface area contributed by atoms with Gasteiger partial charge in [0.1, 0.15) is 5.82 Å². The van der Waals surface area contributed by atoms with Crippen LogP contribution in [0.15, 0.2) is 53.0 Å². The molecule has 2 aromatic carbocycles. The lowest BCUT2D eigenvalue weighted by molar-refractivity contribution is 0.891. The number of rotatable bonds is 3. The summed E-state index contributed by atoms with van der Waals surface area (Å²) in [4.78, 5) is 9.39. The average molecular weight is 342 g/mol. The van der Waals surface area contributed by atoms with Gasteiger partial charge in [0.2, 0.25) is 0 Å². The minimum atomic E-state index is 0.318. The third-order valence-corrected chi connectivity index (χ3v) is 3.60. The van der Waals surface area contributed by atoms with Crippen LogP contribution in [0.25, 0.3) is 22.3 Å². The predicted octanol–water partition coefficient (Wildman–Crippen LogP) is 4.88. The Balaban J connectivity index is 2.20. The Hall–Kier alpha value is -1.94. The molecule has 0 spiro atoms. The fourth-order valence-corrected chi connectivity index (χ4v) is 2.62. The Morgan fingerprint density at radius 1 is 1.00 bits per heavy atom. The fourth-order valence-electron chi connectivity index (χ4n) is 2.22. The summed E-state index contributed by atoms with van der Waals surface area (Å²) in [5.74, 6) is 1.61. The van der Waals surface area contributed by atoms with Crippen molar-refractivity contribution in [1.29, 1.82) is 0 Å². The van der Waals surface area contributed by atoms with Crippen LogP contribution in [0.4, 0.5) is 5.82 Å². The monoisotopic (exact) mass is 341 g/mol. The van der Waals surface area contributed by atoms with Crippen molar-refractivity contribution in [2.45, 2.75) is 19.9 Å². The summed E-state index contributed by atoms with van der Waals surface area (Å²) in [6, 6.07) is 16.4. The standard InChI is InChI=1S/C17H16BrN3/c1-11(2)19-17-14-8-3-4-9-15(14)20-16(21-17)12-6-5-7-13(18)10-12/h3-11H,1-2H3,(H,19,20,21). The second-order valence-corrected chi connectivity index (χ2v) is 6.14. The first-order valence-electron chi connectivity index (χ1n) is 6.93. The first kappa shape index (κ1) is 14.0. The van der Waals surface area contributed by atoms with Crippen LogP contribution in [0.5, 0.6) is 0 Å². The van der Waals surface area contributed by atoms with Gasteiger partial charge in [0.05, 0.1) is 5.52 Å². The molecule has 1 heterocycles. The fraction of sp³-hybridized carbons (Fsp3) is 0.176. The number of hydrogen-bond acceptors (Lipinski definition) is 3. The van der Waals surface area contributed by atoms with Crippen molar-refractivity contribution in [2.24, 2.45) is 0 Å². The molecule has 0 radical (unpaired) electrons. The molecule has 0 aliphatic carbocycles. The summed E-state index contributed by atoms with van der Waals surface area (Å²) in [6.07, 6.45) is 0. The third kappa shape index (κ3) is 3.05. The Labute approximate surface area is 132 Å². The van der Waals surface area contributed by atoms with Crippen LogP contribution < -0.4 is 5.32 Å². The van der Waals surface area contributed by atoms with E-state index in [-0.39, 0.29) is 0 Å². The molecule has 0 bridgehead atoms. The lowest BCUT2D eigenvalue weighted by Crippen LogP contribution is -2.12. The predicted molar refractivity (Wildman–Crippen MR) is 91.4 cm³/mol. The summed E-state index contributed by atoms with van der Waals surface area (Å²) >= 11 is 3.50. The highest BCUT2D eigenvalue weighted by atomic mass is 79.9. The van der Waals surface area contributed by atoms with Gasteiger partial charge in [-0.1, -0.05) is 40.2 Å². The first-order chi connectivity index (χ1) is 10.1. The van der Waals surface area contributed by atoms with E-state index in [1.165, 1.54) is 0 Å². The van der Waals surface area contributed by atoms with E-state index in [2.05, 4.69) is 40.1 Å². The lowest BCUT2D eigenvalue weighted by atomic mass is 10.2. The minimum absolute atomic E-state index is 0.318. The molecule has 3 rings (SSSR count). The van der Waals surface area contributed by atoms with Crippen molar-refractivity contribution in [1.82, 2.24) is 9.97 Å². The van der Waals surface area contributed by atoms with Gasteiger partial charge in [0, 0.05) is 21.5 Å². The molecule has 0 saturated heterocycles. The zero-order valence-electron chi connectivity index (χ0n) is 12.0. The van der Waals surface area contributed by atoms with Gasteiger partial charge in [-0.3, -0.25) is 0 Å². The number of hydrogen-bond donors (Lipinski definition) is 1. The molecule has 3 aromatic rings. The van der Waals surface area contributed by atoms with Gasteiger partial charge in [0.25, 0.3) is 0 Å². The van der Waals surface area contributed by atoms with E-state index < -0.39 is 0 Å². The van der Waals surface area contributed by atoms with Crippen LogP contribution in [0, 0.1) is 0 Å². The van der Waals surface area contributed by atoms with Crippen molar-refractivity contribution in [3.05, 3.63) is 53.0 Å². The highest BCUT2D eigenvalue weighted by molar-refractivity contribution is 9.10. The lowest BCUT2D eigenvalue weighted by Gasteiger charge is -2.13. The Morgan fingerprint density at radius 3 is 2.57 bits per heavy atom. The zero-order chi connectivity index (χ0) is 14.8. The van der Waals surface area contributed by atoms with Gasteiger partial charge in [-0.2, -0.15) is 0 Å². The molecule has 1 N–H and O–H groups in total. The highest BCUT2D eigenvalue weighted by Crippen LogP contribution is 2.26. The van der Waals surface area contributed by atoms with E-state index in [1.54, 1.807) is 0 Å². The van der Waals surface area contributed by atoms with Crippen molar-refractivity contribution in [3.63, 3.8) is 0 Å². The van der Waals surface area contributed by atoms with Crippen molar-refractivity contribution >= 4 is 32.7 Å². The Kier molecular flexibility index (Phi) is 3.88. The molecule has 0 aliphatic heterocycles. The van der Waals surface area contributed by atoms with Crippen LogP contribution in [0.3, 0.4) is 0 Å². The quantitative estimate of drug-likeness (QED) is 0.737. The largest absolute Gasteiger partial charge is 0.367 e. The van der Waals surface area contributed by atoms with E-state index in [4.69, 9.17) is 4.98 Å². The number of fused-ring (bicyclic) bond motifs is 1. The minimum Gasteiger partial charge on any atom is -0.367 e. The summed E-state index contributed by atoms with van der Waals surface area (Å²) in [6.45, 7) is 4.21. The van der Waals surface area contributed by atoms with E-state index in [1.807, 2.05) is 48.5 Å². The molecule has 0 unspecified atom stereocenters. The maximum absolute atomic E-state index is 4.71. The first-order valence-corrected chi connectivity index (χ1v) is 7.72. The van der Waals surface area contributed by atoms with E-state index in [0.717, 1.165) is 32.6 Å². The molecular formula is C17H16BrN3. The third-order valence-electron chi connectivity index (χ3n) is 3.11. The van der Waals surface area contributed by atoms with Gasteiger partial charge in [-0.05, 0) is 38.1 Å². The van der Waals surface area contributed by atoms with Crippen molar-refractivity contribution in [3.8, 4) is 11.4 Å². The number of nitrogens with one attached hydrogen (secondary N) is 1. The number of para-hydroxylation sites is 1. The highest BCUT2D eigenvalue weighted by Gasteiger charge is 2.10. The SMILES string of the molecule is CC(C)Nc1nc(-c2cccc(Br)c2)nc2ccccc12.